The number of nitrogens with one attached hydrogen (secondary N) is 1. The van der Waals surface area contributed by atoms with Crippen molar-refractivity contribution in [3.05, 3.63) is 54.1 Å². The van der Waals surface area contributed by atoms with Gasteiger partial charge in [0, 0.05) is 17.2 Å². The van der Waals surface area contributed by atoms with Crippen molar-refractivity contribution in [2.24, 2.45) is 5.92 Å². The van der Waals surface area contributed by atoms with Crippen molar-refractivity contribution in [3.63, 3.8) is 0 Å². The van der Waals surface area contributed by atoms with Crippen molar-refractivity contribution in [2.75, 3.05) is 19.0 Å². The Labute approximate surface area is 140 Å². The van der Waals surface area contributed by atoms with Crippen LogP contribution in [0.15, 0.2) is 48.5 Å². The van der Waals surface area contributed by atoms with Crippen LogP contribution in [0.2, 0.25) is 0 Å². The molecule has 1 aliphatic rings. The fourth-order valence-electron chi connectivity index (χ4n) is 2.38. The number of ketones is 1. The van der Waals surface area contributed by atoms with Crippen LogP contribution >= 0.6 is 0 Å². The van der Waals surface area contributed by atoms with E-state index in [2.05, 4.69) is 5.32 Å². The summed E-state index contributed by atoms with van der Waals surface area (Å²) in [5, 5.41) is 2.74. The molecule has 2 aromatic carbocycles. The molecule has 0 bridgehead atoms. The molecule has 1 amide bonds. The quantitative estimate of drug-likeness (QED) is 0.793. The second kappa shape index (κ2) is 7.17. The predicted octanol–water partition coefficient (Wildman–Crippen LogP) is 3.31. The molecule has 0 unspecified atom stereocenters. The number of Topliss-reactive ketones (excluding diaryl/α,β-unsaturated/α-hetero) is 1. The Balaban J connectivity index is 1.53. The fraction of sp³-hybridized carbons (Fsp3) is 0.263. The van der Waals surface area contributed by atoms with Crippen molar-refractivity contribution in [1.82, 2.24) is 0 Å². The van der Waals surface area contributed by atoms with Crippen molar-refractivity contribution in [2.45, 2.75) is 12.8 Å². The van der Waals surface area contributed by atoms with Gasteiger partial charge in [-0.1, -0.05) is 12.1 Å². The monoisotopic (exact) mass is 325 g/mol. The fourth-order valence-corrected chi connectivity index (χ4v) is 2.38. The summed E-state index contributed by atoms with van der Waals surface area (Å²) in [5.74, 6) is 1.20. The van der Waals surface area contributed by atoms with Gasteiger partial charge in [-0.3, -0.25) is 9.59 Å². The summed E-state index contributed by atoms with van der Waals surface area (Å²) in [7, 11) is 1.55. The minimum atomic E-state index is -0.276. The van der Waals surface area contributed by atoms with Crippen LogP contribution in [0.3, 0.4) is 0 Å². The predicted molar refractivity (Wildman–Crippen MR) is 90.6 cm³/mol. The van der Waals surface area contributed by atoms with Crippen LogP contribution in [0.1, 0.15) is 23.2 Å². The number of methoxy groups -OCH3 is 1. The normalized spacial score (nSPS) is 13.2. The Morgan fingerprint density at radius 2 is 1.71 bits per heavy atom. The Morgan fingerprint density at radius 1 is 1.04 bits per heavy atom. The largest absolute Gasteiger partial charge is 0.493 e. The summed E-state index contributed by atoms with van der Waals surface area (Å²) in [6.07, 6.45) is 1.97. The molecular formula is C19H19NO4. The lowest BCUT2D eigenvalue weighted by molar-refractivity contribution is -0.118. The minimum absolute atomic E-state index is 0.122. The number of hydrogen-bond donors (Lipinski definition) is 1. The number of carbonyl (C=O) groups is 2. The summed E-state index contributed by atoms with van der Waals surface area (Å²) in [6, 6.07) is 14.1. The van der Waals surface area contributed by atoms with Gasteiger partial charge in [0.05, 0.1) is 7.11 Å². The maximum Gasteiger partial charge on any atom is 0.262 e. The van der Waals surface area contributed by atoms with Crippen LogP contribution in [0.4, 0.5) is 5.69 Å². The van der Waals surface area contributed by atoms with Crippen LogP contribution in [0, 0.1) is 5.92 Å². The third-order valence-electron chi connectivity index (χ3n) is 3.83. The molecule has 0 aliphatic heterocycles. The Hall–Kier alpha value is -2.82. The van der Waals surface area contributed by atoms with E-state index in [1.807, 2.05) is 12.1 Å². The zero-order valence-corrected chi connectivity index (χ0v) is 13.5. The van der Waals surface area contributed by atoms with Crippen LogP contribution in [0.5, 0.6) is 11.5 Å². The van der Waals surface area contributed by atoms with Gasteiger partial charge in [-0.2, -0.15) is 0 Å². The number of amides is 1. The molecular weight excluding hydrogens is 306 g/mol. The first-order valence-corrected chi connectivity index (χ1v) is 7.87. The first-order chi connectivity index (χ1) is 11.7. The van der Waals surface area contributed by atoms with E-state index < -0.39 is 0 Å². The molecule has 0 radical (unpaired) electrons. The zero-order chi connectivity index (χ0) is 16.9. The lowest BCUT2D eigenvalue weighted by Crippen LogP contribution is -2.20. The van der Waals surface area contributed by atoms with Gasteiger partial charge in [0.15, 0.2) is 23.9 Å². The molecule has 0 atom stereocenters. The molecule has 1 aliphatic carbocycles. The molecule has 5 nitrogen and oxygen atoms in total. The van der Waals surface area contributed by atoms with Crippen LogP contribution in [0.25, 0.3) is 0 Å². The number of anilines is 1. The summed E-state index contributed by atoms with van der Waals surface area (Å²) in [6.45, 7) is -0.122. The van der Waals surface area contributed by atoms with E-state index in [1.165, 1.54) is 0 Å². The molecule has 24 heavy (non-hydrogen) atoms. The minimum Gasteiger partial charge on any atom is -0.493 e. The van der Waals surface area contributed by atoms with E-state index in [0.717, 1.165) is 12.8 Å². The highest BCUT2D eigenvalue weighted by molar-refractivity contribution is 6.00. The number of carbonyl (C=O) groups excluding carboxylic acids is 2. The molecule has 5 heteroatoms. The van der Waals surface area contributed by atoms with Crippen LogP contribution in [-0.4, -0.2) is 25.4 Å². The van der Waals surface area contributed by atoms with Gasteiger partial charge in [-0.05, 0) is 49.2 Å². The van der Waals surface area contributed by atoms with Gasteiger partial charge in [0.25, 0.3) is 5.91 Å². The number of hydrogen-bond acceptors (Lipinski definition) is 4. The van der Waals surface area contributed by atoms with Gasteiger partial charge < -0.3 is 14.8 Å². The molecule has 0 heterocycles. The maximum atomic E-state index is 12.0. The van der Waals surface area contributed by atoms with E-state index >= 15 is 0 Å². The molecule has 1 fully saturated rings. The number of ether oxygens (including phenoxy) is 2. The molecule has 1 N–H and O–H groups in total. The van der Waals surface area contributed by atoms with E-state index in [9.17, 15) is 9.59 Å². The molecule has 124 valence electrons. The van der Waals surface area contributed by atoms with Crippen molar-refractivity contribution in [1.29, 1.82) is 0 Å². The Kier molecular flexibility index (Phi) is 4.79. The number of benzene rings is 2. The third-order valence-corrected chi connectivity index (χ3v) is 3.83. The molecule has 1 saturated carbocycles. The third kappa shape index (κ3) is 3.93. The number of rotatable bonds is 7. The highest BCUT2D eigenvalue weighted by Crippen LogP contribution is 2.32. The summed E-state index contributed by atoms with van der Waals surface area (Å²) in [5.41, 5.74) is 1.33. The summed E-state index contributed by atoms with van der Waals surface area (Å²) >= 11 is 0. The Bertz CT molecular complexity index is 735. The summed E-state index contributed by atoms with van der Waals surface area (Å²) in [4.78, 5) is 23.9. The van der Waals surface area contributed by atoms with Crippen LogP contribution < -0.4 is 14.8 Å². The second-order valence-electron chi connectivity index (χ2n) is 5.70. The molecule has 3 rings (SSSR count). The van der Waals surface area contributed by atoms with E-state index in [1.54, 1.807) is 43.5 Å². The molecule has 0 saturated heterocycles. The average molecular weight is 325 g/mol. The van der Waals surface area contributed by atoms with E-state index in [-0.39, 0.29) is 24.2 Å². The topological polar surface area (TPSA) is 64.6 Å². The Morgan fingerprint density at radius 3 is 2.33 bits per heavy atom. The number of para-hydroxylation sites is 2. The average Bonchev–Trinajstić information content (AvgIpc) is 3.45. The van der Waals surface area contributed by atoms with Gasteiger partial charge in [0.2, 0.25) is 0 Å². The molecule has 0 aromatic heterocycles. The first-order valence-electron chi connectivity index (χ1n) is 7.87. The van der Waals surface area contributed by atoms with E-state index in [4.69, 9.17) is 9.47 Å². The van der Waals surface area contributed by atoms with Crippen molar-refractivity contribution in [3.8, 4) is 11.5 Å². The van der Waals surface area contributed by atoms with Crippen LogP contribution in [-0.2, 0) is 4.79 Å². The lowest BCUT2D eigenvalue weighted by Gasteiger charge is -2.10. The maximum absolute atomic E-state index is 12.0. The van der Waals surface area contributed by atoms with E-state index in [0.29, 0.717) is 22.7 Å². The van der Waals surface area contributed by atoms with Gasteiger partial charge >= 0.3 is 0 Å². The smallest absolute Gasteiger partial charge is 0.262 e. The SMILES string of the molecule is COc1ccccc1OCC(=O)Nc1ccc(C(=O)C2CC2)cc1. The lowest BCUT2D eigenvalue weighted by atomic mass is 10.1. The van der Waals surface area contributed by atoms with Gasteiger partial charge in [-0.15, -0.1) is 0 Å². The summed E-state index contributed by atoms with van der Waals surface area (Å²) < 4.78 is 10.6. The first kappa shape index (κ1) is 16.1. The van der Waals surface area contributed by atoms with Gasteiger partial charge in [0.1, 0.15) is 0 Å². The molecule has 2 aromatic rings. The standard InChI is InChI=1S/C19H19NO4/c1-23-16-4-2-3-5-17(16)24-12-18(21)20-15-10-8-14(9-11-15)19(22)13-6-7-13/h2-5,8-11,13H,6-7,12H2,1H3,(H,20,21). The second-order valence-corrected chi connectivity index (χ2v) is 5.70. The van der Waals surface area contributed by atoms with Crippen molar-refractivity contribution < 1.29 is 19.1 Å². The van der Waals surface area contributed by atoms with Gasteiger partial charge in [-0.25, -0.2) is 0 Å². The van der Waals surface area contributed by atoms with Crippen molar-refractivity contribution >= 4 is 17.4 Å². The highest BCUT2D eigenvalue weighted by Gasteiger charge is 2.30. The highest BCUT2D eigenvalue weighted by atomic mass is 16.5. The molecule has 0 spiro atoms. The zero-order valence-electron chi connectivity index (χ0n) is 13.5.